The summed E-state index contributed by atoms with van der Waals surface area (Å²) in [6, 6.07) is 44.7. The zero-order valence-electron chi connectivity index (χ0n) is 23.7. The maximum absolute atomic E-state index is 11.0. The molecule has 6 aromatic rings. The van der Waals surface area contributed by atoms with Gasteiger partial charge in [-0.25, -0.2) is 0 Å². The average Bonchev–Trinajstić information content (AvgIpc) is 3.37. The Morgan fingerprint density at radius 3 is 1.07 bits per heavy atom. The van der Waals surface area contributed by atoms with Crippen LogP contribution in [0.2, 0.25) is 0 Å². The van der Waals surface area contributed by atoms with Crippen molar-refractivity contribution in [2.75, 3.05) is 0 Å². The molecule has 7 rings (SSSR count). The number of nitro groups is 2. The van der Waals surface area contributed by atoms with E-state index >= 15 is 0 Å². The Hall–Kier alpha value is -6.28. The van der Waals surface area contributed by atoms with Crippen LogP contribution in [-0.2, 0) is 5.41 Å². The number of nitro benzene ring substituents is 2. The number of benzene rings is 6. The molecule has 8 heteroatoms. The summed E-state index contributed by atoms with van der Waals surface area (Å²) in [5.41, 5.74) is 6.07. The minimum atomic E-state index is -0.634. The third kappa shape index (κ3) is 4.84. The largest absolute Gasteiger partial charge is 0.457 e. The molecule has 0 saturated carbocycles. The lowest BCUT2D eigenvalue weighted by Gasteiger charge is -2.34. The molecule has 0 fully saturated rings. The second-order valence-corrected chi connectivity index (χ2v) is 10.6. The number of rotatable bonds is 8. The standard InChI is InChI=1S/C37H24N2O6/c40-38(41)27-13-21-31(22-14-27)44-29-17-9-25(10-18-29)37(35-7-3-1-5-33(35)34-6-2-4-8-36(34)37)26-11-19-30(20-12-26)45-32-23-15-28(16-24-32)39(42)43/h1-24H. The van der Waals surface area contributed by atoms with E-state index in [-0.39, 0.29) is 11.4 Å². The molecule has 0 aromatic heterocycles. The highest BCUT2D eigenvalue weighted by atomic mass is 16.6. The van der Waals surface area contributed by atoms with Crippen molar-refractivity contribution in [3.63, 3.8) is 0 Å². The summed E-state index contributed by atoms with van der Waals surface area (Å²) >= 11 is 0. The highest BCUT2D eigenvalue weighted by Crippen LogP contribution is 2.56. The van der Waals surface area contributed by atoms with Gasteiger partial charge in [-0.2, -0.15) is 0 Å². The first-order chi connectivity index (χ1) is 21.9. The molecule has 1 aliphatic rings. The molecule has 0 spiro atoms. The summed E-state index contributed by atoms with van der Waals surface area (Å²) in [6.45, 7) is 0. The smallest absolute Gasteiger partial charge is 0.269 e. The highest BCUT2D eigenvalue weighted by Gasteiger charge is 2.45. The summed E-state index contributed by atoms with van der Waals surface area (Å²) in [5.74, 6) is 2.22. The summed E-state index contributed by atoms with van der Waals surface area (Å²) in [6.07, 6.45) is 0. The fourth-order valence-electron chi connectivity index (χ4n) is 6.11. The van der Waals surface area contributed by atoms with Crippen molar-refractivity contribution in [2.24, 2.45) is 0 Å². The van der Waals surface area contributed by atoms with Gasteiger partial charge in [0, 0.05) is 24.3 Å². The van der Waals surface area contributed by atoms with Crippen LogP contribution in [0, 0.1) is 20.2 Å². The molecule has 8 nitrogen and oxygen atoms in total. The predicted molar refractivity (Wildman–Crippen MR) is 170 cm³/mol. The highest BCUT2D eigenvalue weighted by molar-refractivity contribution is 5.86. The lowest BCUT2D eigenvalue weighted by Crippen LogP contribution is -2.28. The Bertz CT molecular complexity index is 1890. The van der Waals surface area contributed by atoms with E-state index in [1.165, 1.54) is 24.3 Å². The Balaban J connectivity index is 1.28. The van der Waals surface area contributed by atoms with Gasteiger partial charge in [-0.3, -0.25) is 20.2 Å². The molecule has 6 aromatic carbocycles. The number of fused-ring (bicyclic) bond motifs is 3. The summed E-state index contributed by atoms with van der Waals surface area (Å²) < 4.78 is 12.0. The predicted octanol–water partition coefficient (Wildman–Crippen LogP) is 9.45. The second-order valence-electron chi connectivity index (χ2n) is 10.6. The zero-order valence-corrected chi connectivity index (χ0v) is 23.7. The summed E-state index contributed by atoms with van der Waals surface area (Å²) in [5, 5.41) is 22.1. The first kappa shape index (κ1) is 27.5. The van der Waals surface area contributed by atoms with E-state index in [0.717, 1.165) is 33.4 Å². The molecule has 0 atom stereocenters. The van der Waals surface area contributed by atoms with Crippen molar-refractivity contribution < 1.29 is 19.3 Å². The molecule has 0 saturated heterocycles. The second kappa shape index (κ2) is 11.1. The van der Waals surface area contributed by atoms with Gasteiger partial charge < -0.3 is 9.47 Å². The Kier molecular flexibility index (Phi) is 6.79. The Morgan fingerprint density at radius 2 is 0.733 bits per heavy atom. The van der Waals surface area contributed by atoms with Crippen LogP contribution < -0.4 is 9.47 Å². The Labute approximate surface area is 258 Å². The van der Waals surface area contributed by atoms with Crippen molar-refractivity contribution >= 4 is 11.4 Å². The molecule has 218 valence electrons. The maximum Gasteiger partial charge on any atom is 0.269 e. The van der Waals surface area contributed by atoms with E-state index in [1.807, 2.05) is 36.4 Å². The van der Waals surface area contributed by atoms with Gasteiger partial charge >= 0.3 is 0 Å². The molecular weight excluding hydrogens is 568 g/mol. The van der Waals surface area contributed by atoms with E-state index in [0.29, 0.717) is 23.0 Å². The molecular formula is C37H24N2O6. The van der Waals surface area contributed by atoms with Gasteiger partial charge in [0.1, 0.15) is 23.0 Å². The van der Waals surface area contributed by atoms with Gasteiger partial charge in [0.15, 0.2) is 0 Å². The minimum absolute atomic E-state index is 0.00219. The number of ether oxygens (including phenoxy) is 2. The lowest BCUT2D eigenvalue weighted by atomic mass is 9.68. The van der Waals surface area contributed by atoms with Crippen LogP contribution in [0.4, 0.5) is 11.4 Å². The molecule has 0 N–H and O–H groups in total. The summed E-state index contributed by atoms with van der Waals surface area (Å²) in [4.78, 5) is 21.2. The fraction of sp³-hybridized carbons (Fsp3) is 0.0270. The molecule has 1 aliphatic carbocycles. The van der Waals surface area contributed by atoms with Gasteiger partial charge in [-0.05, 0) is 81.9 Å². The van der Waals surface area contributed by atoms with E-state index in [2.05, 4.69) is 60.7 Å². The van der Waals surface area contributed by atoms with E-state index in [9.17, 15) is 20.2 Å². The molecule has 0 amide bonds. The number of non-ortho nitro benzene ring substituents is 2. The van der Waals surface area contributed by atoms with Gasteiger partial charge in [-0.1, -0.05) is 72.8 Å². The monoisotopic (exact) mass is 592 g/mol. The van der Waals surface area contributed by atoms with Crippen molar-refractivity contribution in [3.05, 3.63) is 188 Å². The van der Waals surface area contributed by atoms with Crippen LogP contribution in [0.5, 0.6) is 23.0 Å². The van der Waals surface area contributed by atoms with E-state index < -0.39 is 15.3 Å². The SMILES string of the molecule is O=[N+]([O-])c1ccc(Oc2ccc(C3(c4ccc(Oc5ccc([N+](=O)[O-])cc5)cc4)c4ccccc4-c4ccccc43)cc2)cc1. The maximum atomic E-state index is 11.0. The third-order valence-corrected chi connectivity index (χ3v) is 8.09. The molecule has 45 heavy (non-hydrogen) atoms. The van der Waals surface area contributed by atoms with Gasteiger partial charge in [-0.15, -0.1) is 0 Å². The molecule has 0 radical (unpaired) electrons. The van der Waals surface area contributed by atoms with Crippen LogP contribution >= 0.6 is 0 Å². The molecule has 0 heterocycles. The van der Waals surface area contributed by atoms with Crippen LogP contribution in [0.3, 0.4) is 0 Å². The number of nitrogens with zero attached hydrogens (tertiary/aromatic N) is 2. The topological polar surface area (TPSA) is 105 Å². The van der Waals surface area contributed by atoms with Crippen LogP contribution in [0.25, 0.3) is 11.1 Å². The fourth-order valence-corrected chi connectivity index (χ4v) is 6.11. The van der Waals surface area contributed by atoms with Crippen molar-refractivity contribution in [2.45, 2.75) is 5.41 Å². The Morgan fingerprint density at radius 1 is 0.422 bits per heavy atom. The van der Waals surface area contributed by atoms with Crippen molar-refractivity contribution in [1.29, 1.82) is 0 Å². The zero-order chi connectivity index (χ0) is 31.0. The van der Waals surface area contributed by atoms with Gasteiger partial charge in [0.05, 0.1) is 15.3 Å². The van der Waals surface area contributed by atoms with E-state index in [1.54, 1.807) is 24.3 Å². The van der Waals surface area contributed by atoms with Crippen LogP contribution in [0.1, 0.15) is 22.3 Å². The van der Waals surface area contributed by atoms with Crippen LogP contribution in [0.15, 0.2) is 146 Å². The van der Waals surface area contributed by atoms with Crippen molar-refractivity contribution in [3.8, 4) is 34.1 Å². The number of hydrogen-bond donors (Lipinski definition) is 0. The third-order valence-electron chi connectivity index (χ3n) is 8.09. The van der Waals surface area contributed by atoms with Crippen LogP contribution in [-0.4, -0.2) is 9.85 Å². The average molecular weight is 593 g/mol. The first-order valence-corrected chi connectivity index (χ1v) is 14.2. The van der Waals surface area contributed by atoms with Crippen molar-refractivity contribution in [1.82, 2.24) is 0 Å². The van der Waals surface area contributed by atoms with Gasteiger partial charge in [0.25, 0.3) is 11.4 Å². The molecule has 0 bridgehead atoms. The lowest BCUT2D eigenvalue weighted by molar-refractivity contribution is -0.385. The first-order valence-electron chi connectivity index (χ1n) is 14.2. The number of hydrogen-bond acceptors (Lipinski definition) is 6. The summed E-state index contributed by atoms with van der Waals surface area (Å²) in [7, 11) is 0. The normalized spacial score (nSPS) is 12.5. The van der Waals surface area contributed by atoms with E-state index in [4.69, 9.17) is 9.47 Å². The van der Waals surface area contributed by atoms with Gasteiger partial charge in [0.2, 0.25) is 0 Å². The molecule has 0 unspecified atom stereocenters. The molecule has 0 aliphatic heterocycles. The quantitative estimate of drug-likeness (QED) is 0.129. The minimum Gasteiger partial charge on any atom is -0.457 e.